The fraction of sp³-hybridized carbons (Fsp3) is 0.333. The molecule has 1 unspecified atom stereocenters. The van der Waals surface area contributed by atoms with Gasteiger partial charge in [-0.05, 0) is 0 Å². The molecule has 0 aromatic heterocycles. The van der Waals surface area contributed by atoms with Crippen LogP contribution in [0.2, 0.25) is 0 Å². The average molecular weight is 490 g/mol. The summed E-state index contributed by atoms with van der Waals surface area (Å²) in [6.07, 6.45) is 0. The Morgan fingerprint density at radius 2 is 2.44 bits per heavy atom. The van der Waals surface area contributed by atoms with Gasteiger partial charge in [-0.25, -0.2) is 0 Å². The monoisotopic (exact) mass is 489 g/mol. The zero-order chi connectivity index (χ0) is 7.49. The summed E-state index contributed by atoms with van der Waals surface area (Å²) in [5, 5.41) is 2.07. The van der Waals surface area contributed by atoms with Crippen molar-refractivity contribution in [2.45, 2.75) is -7.57 Å². The number of nitrogens with zero attached hydrogens (tertiary/aromatic N) is 1. The number of hydrogen-bond acceptors (Lipinski definition) is 2. The van der Waals surface area contributed by atoms with Gasteiger partial charge in [0.05, 0.1) is 0 Å². The first kappa shape index (κ1) is 12.2. The Morgan fingerprint density at radius 1 is 2.00 bits per heavy atom. The molecular formula is C3HBrNORaRbS. The van der Waals surface area contributed by atoms with Gasteiger partial charge in [0.2, 0.25) is 0 Å². The second-order valence-corrected chi connectivity index (χ2v) is 47.1. The van der Waals surface area contributed by atoms with Crippen LogP contribution in [-0.4, -0.2) is 59.0 Å². The molecule has 2 nitrogen and oxygen atoms in total. The molecule has 0 rings (SSSR count). The molecular weight excluding hydrogens is 489 g/mol. The van der Waals surface area contributed by atoms with Crippen molar-refractivity contribution in [1.82, 2.24) is 0 Å². The molecule has 1 atom stereocenters. The number of halogens is 1. The third-order valence-electron chi connectivity index (χ3n) is 0.656. The first-order chi connectivity index (χ1) is 3.98. The number of amides is 1. The van der Waals surface area contributed by atoms with E-state index >= 15 is 0 Å². The summed E-state index contributed by atoms with van der Waals surface area (Å²) in [7, 11) is 0. The van der Waals surface area contributed by atoms with Crippen LogP contribution in [0.15, 0.2) is 4.99 Å². The number of aliphatic imine (C=N–C) groups is 1. The summed E-state index contributed by atoms with van der Waals surface area (Å²) >= 11 is 8.07. The van der Waals surface area contributed by atoms with Crippen LogP contribution in [0.4, 0.5) is 0 Å². The Bertz CT molecular complexity index is 173. The summed E-state index contributed by atoms with van der Waals surface area (Å²) in [4.78, 5) is 14.2. The van der Waals surface area contributed by atoms with Crippen molar-refractivity contribution in [2.24, 2.45) is 4.99 Å². The van der Waals surface area contributed by atoms with E-state index in [4.69, 9.17) is 0 Å². The number of alkyl halides is 1. The molecule has 0 aliphatic heterocycles. The topological polar surface area (TPSA) is 29.4 Å². The summed E-state index contributed by atoms with van der Waals surface area (Å²) in [6.45, 7) is 0. The van der Waals surface area contributed by atoms with E-state index in [1.165, 1.54) is 0 Å². The number of hydrogen-bond donors (Lipinski definition) is 0. The molecule has 0 aromatic carbocycles. The van der Waals surface area contributed by atoms with Crippen molar-refractivity contribution in [3.8, 4) is 0 Å². The standard InChI is InChI=1S/C3BrNOS.Ra.Rb.H/c4-1-3(6)5-2-7;;;. The van der Waals surface area contributed by atoms with Gasteiger partial charge in [0.15, 0.2) is 0 Å². The SMILES string of the molecule is O=C(N=C=S)[C](Br)([Rb])[RaH]. The van der Waals surface area contributed by atoms with E-state index in [0.29, 0.717) is 55.5 Å². The molecule has 0 aromatic rings. The molecule has 0 radical (unpaired) electrons. The third kappa shape index (κ3) is 6.39. The zero-order valence-corrected chi connectivity index (χ0v) is 20.7. The van der Waals surface area contributed by atoms with Gasteiger partial charge < -0.3 is 0 Å². The predicted molar refractivity (Wildman–Crippen MR) is 38.8 cm³/mol. The van der Waals surface area contributed by atoms with Gasteiger partial charge in [0.1, 0.15) is 0 Å². The predicted octanol–water partition coefficient (Wildman–Crippen LogP) is 0.115. The normalized spacial score (nSPS) is 15.3. The van der Waals surface area contributed by atoms with Crippen LogP contribution in [0, 0.1) is 42.8 Å². The van der Waals surface area contributed by atoms with Crippen LogP contribution in [0.3, 0.4) is 0 Å². The van der Waals surface area contributed by atoms with E-state index in [9.17, 15) is 4.79 Å². The van der Waals surface area contributed by atoms with Gasteiger partial charge >= 0.3 is 140 Å². The number of carbonyl (C=O) groups excluding carboxylic acids is 1. The number of carbonyl (C=O) groups is 1. The van der Waals surface area contributed by atoms with Crippen molar-refractivity contribution >= 4 is 94.8 Å². The molecule has 1 amide bonds. The fourth-order valence-electron chi connectivity index (χ4n) is 0.174. The van der Waals surface area contributed by atoms with E-state index in [0.717, 1.165) is 0 Å². The van der Waals surface area contributed by atoms with E-state index in [2.05, 4.69) is 38.3 Å². The third-order valence-corrected chi connectivity index (χ3v) is 3.90. The molecule has 0 bridgehead atoms. The van der Waals surface area contributed by atoms with Crippen molar-refractivity contribution in [3.63, 3.8) is 0 Å². The molecule has 0 fully saturated rings. The molecule has 0 aliphatic rings. The van der Waals surface area contributed by atoms with E-state index < -0.39 is 0 Å². The van der Waals surface area contributed by atoms with Crippen LogP contribution in [0.25, 0.3) is 0 Å². The first-order valence-electron chi connectivity index (χ1n) is 2.29. The molecule has 0 aliphatic carbocycles. The van der Waals surface area contributed by atoms with Gasteiger partial charge in [0.25, 0.3) is 0 Å². The van der Waals surface area contributed by atoms with Crippen LogP contribution in [0.1, 0.15) is 0 Å². The number of thiocarbonyl (C=S) groups is 1. The van der Waals surface area contributed by atoms with Crippen molar-refractivity contribution in [3.05, 3.63) is 0 Å². The molecule has 0 N–H and O–H groups in total. The Balaban J connectivity index is 4.22. The quantitative estimate of drug-likeness (QED) is 0.297. The van der Waals surface area contributed by atoms with Crippen molar-refractivity contribution in [1.29, 1.82) is 0 Å². The number of isothiocyanates is 1. The summed E-state index contributed by atoms with van der Waals surface area (Å²) in [6, 6.07) is 0. The van der Waals surface area contributed by atoms with Gasteiger partial charge in [-0.2, -0.15) is 0 Å². The van der Waals surface area contributed by atoms with Crippen LogP contribution >= 0.6 is 28.1 Å². The molecule has 0 spiro atoms. The average Bonchev–Trinajstić information content (AvgIpc) is 1.64. The van der Waals surface area contributed by atoms with Gasteiger partial charge in [-0.3, -0.25) is 0 Å². The molecule has 6 heteroatoms. The molecule has 0 heterocycles. The second kappa shape index (κ2) is 5.80. The maximum absolute atomic E-state index is 10.8. The Morgan fingerprint density at radius 3 is 2.56 bits per heavy atom. The Labute approximate surface area is 135 Å². The number of rotatable bonds is 1. The van der Waals surface area contributed by atoms with Crippen molar-refractivity contribution in [2.75, 3.05) is 0 Å². The van der Waals surface area contributed by atoms with Crippen molar-refractivity contribution < 1.29 is 47.6 Å². The zero-order valence-electron chi connectivity index (χ0n) is 5.14. The Hall–Kier alpha value is 3.22. The van der Waals surface area contributed by atoms with Gasteiger partial charge in [-0.1, -0.05) is 0 Å². The fourth-order valence-corrected chi connectivity index (χ4v) is 1.08. The van der Waals surface area contributed by atoms with Gasteiger partial charge in [0, 0.05) is 0 Å². The molecule has 0 saturated carbocycles. The van der Waals surface area contributed by atoms with E-state index in [-0.39, 0.29) is 41.1 Å². The van der Waals surface area contributed by atoms with Crippen LogP contribution in [0.5, 0.6) is 0 Å². The van der Waals surface area contributed by atoms with E-state index in [1.807, 2.05) is 0 Å². The minimum absolute atomic E-state index is 0.112. The Kier molecular flexibility index (Phi) is 7.87. The van der Waals surface area contributed by atoms with Gasteiger partial charge in [-0.15, -0.1) is 0 Å². The second-order valence-electron chi connectivity index (χ2n) is 1.98. The molecule has 40 valence electrons. The maximum atomic E-state index is 10.8. The molecule has 9 heavy (non-hydrogen) atoms. The van der Waals surface area contributed by atoms with Crippen LogP contribution in [-0.2, 0) is 4.79 Å². The minimum atomic E-state index is -0.173. The summed E-state index contributed by atoms with van der Waals surface area (Å²) < 4.78 is -0.173. The summed E-state index contributed by atoms with van der Waals surface area (Å²) in [5.41, 5.74) is 0. The summed E-state index contributed by atoms with van der Waals surface area (Å²) in [5.74, 6) is -0.112. The first-order valence-corrected chi connectivity index (χ1v) is 10.1. The van der Waals surface area contributed by atoms with Crippen LogP contribution < -0.4 is 0 Å². The molecule has 0 saturated heterocycles. The van der Waals surface area contributed by atoms with E-state index in [1.54, 1.807) is 0 Å².